The Morgan fingerprint density at radius 2 is 1.84 bits per heavy atom. The molecule has 0 radical (unpaired) electrons. The smallest absolute Gasteiger partial charge is 0.170 e. The minimum atomic E-state index is -0.241. The molecule has 0 aliphatic rings. The molecule has 2 N–H and O–H groups in total. The Kier molecular flexibility index (Phi) is 6.91. The van der Waals surface area contributed by atoms with Crippen molar-refractivity contribution in [1.82, 2.24) is 10.2 Å². The van der Waals surface area contributed by atoms with E-state index in [0.717, 1.165) is 6.42 Å². The van der Waals surface area contributed by atoms with Crippen LogP contribution in [0.1, 0.15) is 29.7 Å². The van der Waals surface area contributed by atoms with Gasteiger partial charge >= 0.3 is 0 Å². The summed E-state index contributed by atoms with van der Waals surface area (Å²) in [6.45, 7) is 4.55. The van der Waals surface area contributed by atoms with Crippen molar-refractivity contribution in [3.05, 3.63) is 65.0 Å². The lowest BCUT2D eigenvalue weighted by Gasteiger charge is -2.26. The standard InChI is InChI=1S/C20H26FN3S/c1-5-15-7-9-16(10-8-15)19(24(3)4)13-22-20(25)23-17-11-6-14(2)18(21)12-17/h6-12,19H,5,13H2,1-4H3,(H2,22,23,25)/t19-/m0/s1. The second-order valence-electron chi connectivity index (χ2n) is 6.37. The molecule has 0 aliphatic carbocycles. The maximum absolute atomic E-state index is 13.6. The molecule has 134 valence electrons. The molecule has 0 amide bonds. The molecule has 5 heteroatoms. The first-order valence-corrected chi connectivity index (χ1v) is 8.87. The van der Waals surface area contributed by atoms with E-state index in [1.54, 1.807) is 13.0 Å². The van der Waals surface area contributed by atoms with Crippen LogP contribution in [-0.2, 0) is 6.42 Å². The number of likely N-dealkylation sites (N-methyl/N-ethyl adjacent to an activating group) is 1. The van der Waals surface area contributed by atoms with Crippen LogP contribution in [0.5, 0.6) is 0 Å². The Morgan fingerprint density at radius 1 is 1.16 bits per heavy atom. The third kappa shape index (κ3) is 5.51. The van der Waals surface area contributed by atoms with E-state index in [1.807, 2.05) is 20.2 Å². The largest absolute Gasteiger partial charge is 0.361 e. The summed E-state index contributed by atoms with van der Waals surface area (Å²) in [4.78, 5) is 2.15. The van der Waals surface area contributed by atoms with Gasteiger partial charge in [-0.25, -0.2) is 4.39 Å². The number of nitrogens with zero attached hydrogens (tertiary/aromatic N) is 1. The number of hydrogen-bond donors (Lipinski definition) is 2. The maximum Gasteiger partial charge on any atom is 0.170 e. The zero-order chi connectivity index (χ0) is 18.4. The van der Waals surface area contributed by atoms with Crippen LogP contribution in [0.15, 0.2) is 42.5 Å². The lowest BCUT2D eigenvalue weighted by molar-refractivity contribution is 0.299. The van der Waals surface area contributed by atoms with Gasteiger partial charge in [-0.15, -0.1) is 0 Å². The van der Waals surface area contributed by atoms with Gasteiger partial charge in [0.05, 0.1) is 6.04 Å². The summed E-state index contributed by atoms with van der Waals surface area (Å²) in [6, 6.07) is 13.9. The number of anilines is 1. The summed E-state index contributed by atoms with van der Waals surface area (Å²) in [5.41, 5.74) is 3.83. The molecule has 0 aliphatic heterocycles. The fourth-order valence-corrected chi connectivity index (χ4v) is 2.81. The minimum absolute atomic E-state index is 0.195. The van der Waals surface area contributed by atoms with Crippen molar-refractivity contribution >= 4 is 23.0 Å². The number of rotatable bonds is 6. The topological polar surface area (TPSA) is 27.3 Å². The van der Waals surface area contributed by atoms with Gasteiger partial charge in [0.15, 0.2) is 5.11 Å². The van der Waals surface area contributed by atoms with Gasteiger partial charge in [-0.1, -0.05) is 37.3 Å². The molecule has 2 aromatic rings. The maximum atomic E-state index is 13.6. The fraction of sp³-hybridized carbons (Fsp3) is 0.350. The predicted molar refractivity (Wildman–Crippen MR) is 108 cm³/mol. The Hall–Kier alpha value is -1.98. The highest BCUT2D eigenvalue weighted by Gasteiger charge is 2.14. The molecule has 0 saturated carbocycles. The lowest BCUT2D eigenvalue weighted by atomic mass is 10.0. The Bertz CT molecular complexity index is 713. The molecule has 0 spiro atoms. The molecular weight excluding hydrogens is 333 g/mol. The number of halogens is 1. The van der Waals surface area contributed by atoms with E-state index in [9.17, 15) is 4.39 Å². The van der Waals surface area contributed by atoms with Crippen LogP contribution in [0.3, 0.4) is 0 Å². The third-order valence-electron chi connectivity index (χ3n) is 4.28. The summed E-state index contributed by atoms with van der Waals surface area (Å²) >= 11 is 5.34. The van der Waals surface area contributed by atoms with Gasteiger partial charge in [-0.3, -0.25) is 0 Å². The van der Waals surface area contributed by atoms with E-state index in [4.69, 9.17) is 12.2 Å². The number of aryl methyl sites for hydroxylation is 2. The highest BCUT2D eigenvalue weighted by atomic mass is 32.1. The average Bonchev–Trinajstić information content (AvgIpc) is 2.58. The molecule has 0 heterocycles. The van der Waals surface area contributed by atoms with Gasteiger partial charge in [0.2, 0.25) is 0 Å². The van der Waals surface area contributed by atoms with E-state index >= 15 is 0 Å². The Morgan fingerprint density at radius 3 is 2.40 bits per heavy atom. The molecular formula is C20H26FN3S. The molecule has 25 heavy (non-hydrogen) atoms. The summed E-state index contributed by atoms with van der Waals surface area (Å²) in [5, 5.41) is 6.75. The van der Waals surface area contributed by atoms with Gasteiger partial charge < -0.3 is 15.5 Å². The first-order valence-electron chi connectivity index (χ1n) is 8.47. The van der Waals surface area contributed by atoms with Crippen molar-refractivity contribution in [2.45, 2.75) is 26.3 Å². The van der Waals surface area contributed by atoms with Crippen molar-refractivity contribution in [3.8, 4) is 0 Å². The SMILES string of the molecule is CCc1ccc([C@H](CNC(=S)Nc2ccc(C)c(F)c2)N(C)C)cc1. The first-order chi connectivity index (χ1) is 11.9. The Labute approximate surface area is 155 Å². The zero-order valence-electron chi connectivity index (χ0n) is 15.3. The zero-order valence-corrected chi connectivity index (χ0v) is 16.1. The van der Waals surface area contributed by atoms with Crippen molar-refractivity contribution < 1.29 is 4.39 Å². The molecule has 0 fully saturated rings. The molecule has 0 saturated heterocycles. The van der Waals surface area contributed by atoms with E-state index < -0.39 is 0 Å². The van der Waals surface area contributed by atoms with Gasteiger partial charge in [0.1, 0.15) is 5.82 Å². The fourth-order valence-electron chi connectivity index (χ4n) is 2.61. The quantitative estimate of drug-likeness (QED) is 0.753. The Balaban J connectivity index is 1.97. The van der Waals surface area contributed by atoms with Crippen LogP contribution in [-0.4, -0.2) is 30.7 Å². The highest BCUT2D eigenvalue weighted by Crippen LogP contribution is 2.19. The van der Waals surface area contributed by atoms with E-state index in [-0.39, 0.29) is 11.9 Å². The van der Waals surface area contributed by atoms with Gasteiger partial charge in [0, 0.05) is 12.2 Å². The van der Waals surface area contributed by atoms with Gasteiger partial charge in [-0.2, -0.15) is 0 Å². The second kappa shape index (κ2) is 8.92. The number of nitrogens with one attached hydrogen (secondary N) is 2. The normalized spacial score (nSPS) is 12.1. The van der Waals surface area contributed by atoms with Crippen molar-refractivity contribution in [3.63, 3.8) is 0 Å². The number of thiocarbonyl (C=S) groups is 1. The van der Waals surface area contributed by atoms with Crippen molar-refractivity contribution in [2.75, 3.05) is 26.0 Å². The lowest BCUT2D eigenvalue weighted by Crippen LogP contribution is -2.36. The van der Waals surface area contributed by atoms with Gasteiger partial charge in [-0.05, 0) is 68.5 Å². The molecule has 2 rings (SSSR count). The van der Waals surface area contributed by atoms with Crippen LogP contribution >= 0.6 is 12.2 Å². The second-order valence-corrected chi connectivity index (χ2v) is 6.78. The van der Waals surface area contributed by atoms with E-state index in [1.165, 1.54) is 17.2 Å². The van der Waals surface area contributed by atoms with Crippen LogP contribution in [0.4, 0.5) is 10.1 Å². The monoisotopic (exact) mass is 359 g/mol. The number of benzene rings is 2. The third-order valence-corrected chi connectivity index (χ3v) is 4.53. The first kappa shape index (κ1) is 19.3. The summed E-state index contributed by atoms with van der Waals surface area (Å²) in [6.07, 6.45) is 1.03. The molecule has 3 nitrogen and oxygen atoms in total. The molecule has 0 aromatic heterocycles. The van der Waals surface area contributed by atoms with Gasteiger partial charge in [0.25, 0.3) is 0 Å². The van der Waals surface area contributed by atoms with E-state index in [2.05, 4.69) is 46.7 Å². The molecule has 2 aromatic carbocycles. The van der Waals surface area contributed by atoms with Crippen molar-refractivity contribution in [2.24, 2.45) is 0 Å². The summed E-state index contributed by atoms with van der Waals surface area (Å²) in [5.74, 6) is -0.241. The number of hydrogen-bond acceptors (Lipinski definition) is 2. The van der Waals surface area contributed by atoms with Crippen LogP contribution in [0.25, 0.3) is 0 Å². The van der Waals surface area contributed by atoms with Crippen LogP contribution < -0.4 is 10.6 Å². The highest BCUT2D eigenvalue weighted by molar-refractivity contribution is 7.80. The summed E-state index contributed by atoms with van der Waals surface area (Å²) in [7, 11) is 4.10. The predicted octanol–water partition coefficient (Wildman–Crippen LogP) is 4.29. The molecule has 0 unspecified atom stereocenters. The molecule has 1 atom stereocenters. The van der Waals surface area contributed by atoms with E-state index in [0.29, 0.717) is 22.9 Å². The van der Waals surface area contributed by atoms with Crippen LogP contribution in [0.2, 0.25) is 0 Å². The average molecular weight is 360 g/mol. The van der Waals surface area contributed by atoms with Crippen LogP contribution in [0, 0.1) is 12.7 Å². The minimum Gasteiger partial charge on any atom is -0.361 e. The van der Waals surface area contributed by atoms with Crippen molar-refractivity contribution in [1.29, 1.82) is 0 Å². The summed E-state index contributed by atoms with van der Waals surface area (Å²) < 4.78 is 13.6. The molecule has 0 bridgehead atoms.